The molecular weight excluding hydrogens is 574 g/mol. The van der Waals surface area contributed by atoms with Crippen LogP contribution in [0.1, 0.15) is 50.7 Å². The van der Waals surface area contributed by atoms with E-state index in [4.69, 9.17) is 11.6 Å². The first-order valence-electron chi connectivity index (χ1n) is 12.0. The summed E-state index contributed by atoms with van der Waals surface area (Å²) in [5, 5.41) is 14.8. The van der Waals surface area contributed by atoms with Crippen molar-refractivity contribution in [1.82, 2.24) is 14.3 Å². The van der Waals surface area contributed by atoms with Crippen LogP contribution < -0.4 is 5.32 Å². The minimum atomic E-state index is -0.470. The minimum Gasteiger partial charge on any atom is -0.339 e. The number of likely N-dealkylation sites (tertiary alicyclic amines) is 1. The number of carbonyl (C=O) groups excluding carboxylic acids is 2. The number of nitro benzene ring substituents is 1. The molecule has 4 aromatic rings. The molecule has 1 N–H and O–H groups in total. The highest BCUT2D eigenvalue weighted by atomic mass is 79.9. The van der Waals surface area contributed by atoms with E-state index in [0.29, 0.717) is 50.7 Å². The number of imidazole rings is 1. The molecule has 0 unspecified atom stereocenters. The van der Waals surface area contributed by atoms with Crippen LogP contribution in [0.15, 0.2) is 65.4 Å². The number of anilines is 1. The van der Waals surface area contributed by atoms with Crippen LogP contribution in [-0.2, 0) is 0 Å². The van der Waals surface area contributed by atoms with Gasteiger partial charge in [-0.25, -0.2) is 4.98 Å². The molecule has 0 aliphatic carbocycles. The van der Waals surface area contributed by atoms with Crippen LogP contribution in [0.5, 0.6) is 0 Å². The number of hydrogen-bond acceptors (Lipinski definition) is 5. The number of aromatic nitrogens is 2. The second-order valence-electron chi connectivity index (χ2n) is 9.24. The van der Waals surface area contributed by atoms with Crippen LogP contribution in [0.3, 0.4) is 0 Å². The van der Waals surface area contributed by atoms with Gasteiger partial charge in [0.25, 0.3) is 17.5 Å². The summed E-state index contributed by atoms with van der Waals surface area (Å²) in [7, 11) is 0. The van der Waals surface area contributed by atoms with E-state index < -0.39 is 4.92 Å². The van der Waals surface area contributed by atoms with Gasteiger partial charge >= 0.3 is 0 Å². The fourth-order valence-corrected chi connectivity index (χ4v) is 5.28. The monoisotopic (exact) mass is 595 g/mol. The van der Waals surface area contributed by atoms with Crippen LogP contribution in [0.4, 0.5) is 11.4 Å². The smallest absolute Gasteiger partial charge is 0.275 e. The van der Waals surface area contributed by atoms with Gasteiger partial charge in [0.1, 0.15) is 11.3 Å². The van der Waals surface area contributed by atoms with Gasteiger partial charge in [0.05, 0.1) is 4.92 Å². The van der Waals surface area contributed by atoms with Crippen molar-refractivity contribution in [3.05, 3.63) is 103 Å². The molecule has 0 atom stereocenters. The van der Waals surface area contributed by atoms with E-state index >= 15 is 0 Å². The Hall–Kier alpha value is -3.76. The van der Waals surface area contributed by atoms with Gasteiger partial charge in [0, 0.05) is 63.9 Å². The number of pyridine rings is 1. The Kier molecular flexibility index (Phi) is 7.18. The van der Waals surface area contributed by atoms with Crippen molar-refractivity contribution in [2.45, 2.75) is 25.7 Å². The predicted molar refractivity (Wildman–Crippen MR) is 148 cm³/mol. The Labute approximate surface area is 231 Å². The van der Waals surface area contributed by atoms with Crippen molar-refractivity contribution >= 4 is 56.4 Å². The molecule has 2 aromatic carbocycles. The van der Waals surface area contributed by atoms with Gasteiger partial charge in [0.2, 0.25) is 0 Å². The van der Waals surface area contributed by atoms with Crippen molar-refractivity contribution in [3.8, 4) is 0 Å². The number of fused-ring (bicyclic) bond motifs is 1. The van der Waals surface area contributed by atoms with E-state index in [1.807, 2.05) is 24.3 Å². The summed E-state index contributed by atoms with van der Waals surface area (Å²) in [4.78, 5) is 42.7. The molecule has 0 saturated carbocycles. The molecular formula is C27H23BrClN5O4. The summed E-state index contributed by atoms with van der Waals surface area (Å²) in [6, 6.07) is 14.1. The van der Waals surface area contributed by atoms with E-state index in [-0.39, 0.29) is 23.4 Å². The third kappa shape index (κ3) is 5.27. The van der Waals surface area contributed by atoms with Crippen LogP contribution in [0.2, 0.25) is 5.02 Å². The number of rotatable bonds is 5. The highest BCUT2D eigenvalue weighted by Gasteiger charge is 2.27. The molecule has 9 nitrogen and oxygen atoms in total. The lowest BCUT2D eigenvalue weighted by Crippen LogP contribution is -2.38. The lowest BCUT2D eigenvalue weighted by atomic mass is 9.89. The second kappa shape index (κ2) is 10.5. The molecule has 11 heteroatoms. The number of hydrogen-bond donors (Lipinski definition) is 1. The molecule has 2 aromatic heterocycles. The zero-order valence-corrected chi connectivity index (χ0v) is 22.7. The molecule has 2 amide bonds. The van der Waals surface area contributed by atoms with Crippen molar-refractivity contribution < 1.29 is 14.5 Å². The van der Waals surface area contributed by atoms with Crippen molar-refractivity contribution in [1.29, 1.82) is 0 Å². The first kappa shape index (κ1) is 25.9. The zero-order valence-electron chi connectivity index (χ0n) is 20.4. The zero-order chi connectivity index (χ0) is 27.0. The summed E-state index contributed by atoms with van der Waals surface area (Å²) in [5.41, 5.74) is 3.40. The fourth-order valence-electron chi connectivity index (χ4n) is 4.68. The number of amides is 2. The van der Waals surface area contributed by atoms with E-state index in [1.165, 1.54) is 6.07 Å². The summed E-state index contributed by atoms with van der Waals surface area (Å²) >= 11 is 9.33. The topological polar surface area (TPSA) is 110 Å². The summed E-state index contributed by atoms with van der Waals surface area (Å²) in [6.07, 6.45) is 4.95. The number of piperidine rings is 1. The number of carbonyl (C=O) groups is 2. The normalized spacial score (nSPS) is 14.0. The van der Waals surface area contributed by atoms with Crippen LogP contribution in [0, 0.1) is 17.0 Å². The second-order valence-corrected chi connectivity index (χ2v) is 10.5. The summed E-state index contributed by atoms with van der Waals surface area (Å²) < 4.78 is 2.28. The molecule has 1 aliphatic rings. The van der Waals surface area contributed by atoms with Crippen LogP contribution in [0.25, 0.3) is 5.65 Å². The first-order chi connectivity index (χ1) is 18.2. The highest BCUT2D eigenvalue weighted by molar-refractivity contribution is 9.10. The summed E-state index contributed by atoms with van der Waals surface area (Å²) in [6.45, 7) is 2.76. The van der Waals surface area contributed by atoms with Gasteiger partial charge in [-0.2, -0.15) is 0 Å². The Balaban J connectivity index is 1.20. The van der Waals surface area contributed by atoms with Gasteiger partial charge < -0.3 is 14.6 Å². The Morgan fingerprint density at radius 1 is 1.13 bits per heavy atom. The van der Waals surface area contributed by atoms with E-state index in [0.717, 1.165) is 18.4 Å². The van der Waals surface area contributed by atoms with Gasteiger partial charge in [-0.15, -0.1) is 0 Å². The molecule has 1 saturated heterocycles. The van der Waals surface area contributed by atoms with Crippen LogP contribution >= 0.6 is 27.5 Å². The average Bonchev–Trinajstić information content (AvgIpc) is 3.33. The highest BCUT2D eigenvalue weighted by Crippen LogP contribution is 2.32. The molecule has 5 rings (SSSR count). The van der Waals surface area contributed by atoms with E-state index in [2.05, 4.69) is 26.2 Å². The standard InChI is InChI=1S/C27H23BrClN5O4/c1-16-22(28)12-19(13-24(16)34(37)38)27(36)32-9-6-18(7-10-32)17-2-4-21(5-3-17)30-26(35)23-15-33-11-8-20(29)14-25(33)31-23/h2-5,8,11-15,18H,6-7,9-10H2,1H3,(H,30,35). The number of halogens is 2. The molecule has 0 bridgehead atoms. The molecule has 1 fully saturated rings. The third-order valence-electron chi connectivity index (χ3n) is 6.84. The number of benzene rings is 2. The van der Waals surface area contributed by atoms with Crippen molar-refractivity contribution in [2.24, 2.45) is 0 Å². The first-order valence-corrected chi connectivity index (χ1v) is 13.2. The molecule has 1 aliphatic heterocycles. The summed E-state index contributed by atoms with van der Waals surface area (Å²) in [5.74, 6) is -0.252. The molecule has 0 spiro atoms. The molecule has 194 valence electrons. The Morgan fingerprint density at radius 2 is 1.84 bits per heavy atom. The maximum absolute atomic E-state index is 13.0. The van der Waals surface area contributed by atoms with Gasteiger partial charge in [-0.1, -0.05) is 39.7 Å². The average molecular weight is 597 g/mol. The number of nitrogens with zero attached hydrogens (tertiary/aromatic N) is 4. The Bertz CT molecular complexity index is 1560. The Morgan fingerprint density at radius 3 is 2.53 bits per heavy atom. The van der Waals surface area contributed by atoms with E-state index in [1.54, 1.807) is 46.8 Å². The van der Waals surface area contributed by atoms with E-state index in [9.17, 15) is 19.7 Å². The maximum atomic E-state index is 13.0. The molecule has 3 heterocycles. The van der Waals surface area contributed by atoms with Gasteiger partial charge in [0.15, 0.2) is 0 Å². The molecule has 38 heavy (non-hydrogen) atoms. The van der Waals surface area contributed by atoms with Crippen molar-refractivity contribution in [3.63, 3.8) is 0 Å². The third-order valence-corrected chi connectivity index (χ3v) is 7.90. The largest absolute Gasteiger partial charge is 0.339 e. The lowest BCUT2D eigenvalue weighted by molar-refractivity contribution is -0.385. The molecule has 0 radical (unpaired) electrons. The van der Waals surface area contributed by atoms with Gasteiger partial charge in [-0.05, 0) is 55.5 Å². The quantitative estimate of drug-likeness (QED) is 0.217. The number of nitro groups is 1. The van der Waals surface area contributed by atoms with Gasteiger partial charge in [-0.3, -0.25) is 19.7 Å². The lowest BCUT2D eigenvalue weighted by Gasteiger charge is -2.32. The number of nitrogens with one attached hydrogen (secondary N) is 1. The maximum Gasteiger partial charge on any atom is 0.275 e. The van der Waals surface area contributed by atoms with Crippen LogP contribution in [-0.4, -0.2) is 44.1 Å². The SMILES string of the molecule is Cc1c(Br)cc(C(=O)N2CCC(c3ccc(NC(=O)c4cn5ccc(Cl)cc5n4)cc3)CC2)cc1[N+](=O)[O-]. The fraction of sp³-hybridized carbons (Fsp3) is 0.222. The predicted octanol–water partition coefficient (Wildman–Crippen LogP) is 6.24. The van der Waals surface area contributed by atoms with Crippen molar-refractivity contribution in [2.75, 3.05) is 18.4 Å². The minimum absolute atomic E-state index is 0.0737.